The van der Waals surface area contributed by atoms with Crippen molar-refractivity contribution in [3.8, 4) is 34.5 Å². The number of alkyl carbamates (subject to hydrolysis) is 2. The fraction of sp³-hybridized carbons (Fsp3) is 0.319. The van der Waals surface area contributed by atoms with Gasteiger partial charge in [-0.2, -0.15) is 0 Å². The van der Waals surface area contributed by atoms with Gasteiger partial charge in [-0.15, -0.1) is 0 Å². The molecule has 8 atom stereocenters. The van der Waals surface area contributed by atoms with Crippen LogP contribution in [0.1, 0.15) is 80.5 Å². The third-order valence-corrected chi connectivity index (χ3v) is 19.4. The summed E-state index contributed by atoms with van der Waals surface area (Å²) >= 11 is 18.2. The Balaban J connectivity index is 0.000000256. The van der Waals surface area contributed by atoms with Crippen LogP contribution in [0.5, 0.6) is 34.5 Å². The molecule has 0 aromatic heterocycles. The summed E-state index contributed by atoms with van der Waals surface area (Å²) in [6.45, 7) is 10.7. The van der Waals surface area contributed by atoms with E-state index in [9.17, 15) is 43.8 Å². The molecule has 11 rings (SSSR count). The van der Waals surface area contributed by atoms with Crippen molar-refractivity contribution in [2.75, 3.05) is 7.11 Å². The summed E-state index contributed by atoms with van der Waals surface area (Å²) in [7, 11) is 1.21. The monoisotopic (exact) mass is 1850 g/mol. The van der Waals surface area contributed by atoms with Gasteiger partial charge in [-0.05, 0) is 244 Å². The quantitative estimate of drug-likeness (QED) is 0.0302. The second-order valence-electron chi connectivity index (χ2n) is 24.6. The van der Waals surface area contributed by atoms with Crippen LogP contribution in [0.2, 0.25) is 0 Å². The van der Waals surface area contributed by atoms with Crippen LogP contribution in [-0.4, -0.2) is 113 Å². The third kappa shape index (κ3) is 23.0. The Morgan fingerprint density at radius 3 is 1.33 bits per heavy atom. The molecule has 6 amide bonds. The number of hydrogen-bond donors (Lipinski definition) is 8. The average Bonchev–Trinajstić information content (AvgIpc) is 1.02. The maximum atomic E-state index is 14.2. The summed E-state index contributed by atoms with van der Waals surface area (Å²) in [5.74, 6) is -2.46. The highest BCUT2D eigenvalue weighted by molar-refractivity contribution is 14.1. The lowest BCUT2D eigenvalue weighted by Gasteiger charge is -2.29. The smallest absolute Gasteiger partial charge is 0.408 e. The van der Waals surface area contributed by atoms with Crippen LogP contribution in [0.15, 0.2) is 157 Å². The van der Waals surface area contributed by atoms with Gasteiger partial charge in [0.1, 0.15) is 42.4 Å². The van der Waals surface area contributed by atoms with Crippen LogP contribution in [0.4, 0.5) is 9.59 Å². The third-order valence-electron chi connectivity index (χ3n) is 15.4. The summed E-state index contributed by atoms with van der Waals surface area (Å²) < 4.78 is 43.6. The van der Waals surface area contributed by atoms with Crippen LogP contribution in [0.3, 0.4) is 0 Å². The van der Waals surface area contributed by atoms with Crippen LogP contribution in [-0.2, 0) is 93.2 Å². The highest BCUT2D eigenvalue weighted by atomic mass is 127. The largest absolute Gasteiger partial charge is 0.504 e. The minimum absolute atomic E-state index is 0.00584. The molecule has 0 fully saturated rings. The van der Waals surface area contributed by atoms with Gasteiger partial charge in [0, 0.05) is 25.3 Å². The van der Waals surface area contributed by atoms with E-state index in [1.54, 1.807) is 83.1 Å². The zero-order valence-corrected chi connectivity index (χ0v) is 65.9. The van der Waals surface area contributed by atoms with E-state index in [1.807, 2.05) is 143 Å². The Hall–Kier alpha value is -7.07. The maximum absolute atomic E-state index is 14.2. The van der Waals surface area contributed by atoms with Crippen molar-refractivity contribution in [2.24, 2.45) is 0 Å². The van der Waals surface area contributed by atoms with Gasteiger partial charge in [-0.25, -0.2) is 14.4 Å². The number of benzene rings is 7. The minimum atomic E-state index is -1.33. The van der Waals surface area contributed by atoms with Crippen LogP contribution >= 0.6 is 109 Å². The number of carbonyl (C=O) groups is 7. The number of ether oxygens (including phenoxy) is 7. The van der Waals surface area contributed by atoms with E-state index in [0.717, 1.165) is 22.3 Å². The van der Waals surface area contributed by atoms with Crippen molar-refractivity contribution in [2.45, 2.75) is 141 Å². The van der Waals surface area contributed by atoms with E-state index < -0.39 is 89.8 Å². The molecular weight excluding hydrogens is 1780 g/mol. The number of fused-ring (bicyclic) bond motifs is 20. The molecule has 22 nitrogen and oxygen atoms in total. The highest BCUT2D eigenvalue weighted by Gasteiger charge is 2.37. The van der Waals surface area contributed by atoms with Gasteiger partial charge in [-0.1, -0.05) is 91.0 Å². The Morgan fingerprint density at radius 1 is 0.540 bits per heavy atom. The number of halogens is 6. The number of esters is 1. The number of rotatable bonds is 13. The number of amides is 6. The number of methoxy groups -OCH3 is 1. The van der Waals surface area contributed by atoms with E-state index >= 15 is 0 Å². The fourth-order valence-electron chi connectivity index (χ4n) is 10.4. The second-order valence-corrected chi connectivity index (χ2v) is 30.3. The number of hydrogen-bond acceptors (Lipinski definition) is 16. The molecule has 0 radical (unpaired) electrons. The topological polar surface area (TPSA) is 297 Å². The number of aromatic hydroxyl groups is 2. The van der Waals surface area contributed by atoms with Gasteiger partial charge >= 0.3 is 18.2 Å². The van der Waals surface area contributed by atoms with Gasteiger partial charge in [0.15, 0.2) is 34.5 Å². The molecule has 530 valence electrons. The zero-order chi connectivity index (χ0) is 72.5. The van der Waals surface area contributed by atoms with Crippen molar-refractivity contribution in [3.05, 3.63) is 204 Å². The van der Waals surface area contributed by atoms with E-state index in [0.29, 0.717) is 59.6 Å². The molecule has 28 heteroatoms. The summed E-state index contributed by atoms with van der Waals surface area (Å²) in [6, 6.07) is 35.2. The van der Waals surface area contributed by atoms with Crippen molar-refractivity contribution in [1.82, 2.24) is 31.9 Å². The molecule has 100 heavy (non-hydrogen) atoms. The molecule has 0 saturated carbocycles. The van der Waals surface area contributed by atoms with Crippen LogP contribution in [0, 0.1) is 7.14 Å². The summed E-state index contributed by atoms with van der Waals surface area (Å²) in [4.78, 5) is 95.2. The van der Waals surface area contributed by atoms with Gasteiger partial charge in [0.25, 0.3) is 0 Å². The molecular formula is C72H74Br4I2N6O16. The molecule has 7 aromatic carbocycles. The summed E-state index contributed by atoms with van der Waals surface area (Å²) in [6.07, 6.45) is -2.98. The molecule has 4 aliphatic heterocycles. The lowest BCUT2D eigenvalue weighted by atomic mass is 10.0. The molecule has 0 saturated heterocycles. The normalized spacial score (nSPS) is 18.8. The lowest BCUT2D eigenvalue weighted by molar-refractivity contribution is -0.146. The van der Waals surface area contributed by atoms with Gasteiger partial charge in [0.05, 0.1) is 57.6 Å². The first-order valence-corrected chi connectivity index (χ1v) is 36.8. The molecule has 8 bridgehead atoms. The number of carbonyl (C=O) groups excluding carboxylic acids is 7. The number of phenolic OH excluding ortho intramolecular Hbond substituents is 2. The van der Waals surface area contributed by atoms with Crippen molar-refractivity contribution >= 4 is 151 Å². The Bertz CT molecular complexity index is 4040. The molecule has 8 N–H and O–H groups in total. The number of nitrogens with one attached hydrogen (secondary N) is 6. The van der Waals surface area contributed by atoms with Gasteiger partial charge in [-0.3, -0.25) is 19.2 Å². The zero-order valence-electron chi connectivity index (χ0n) is 55.2. The Kier molecular flexibility index (Phi) is 28.9. The van der Waals surface area contributed by atoms with Crippen molar-refractivity contribution < 1.29 is 76.9 Å². The van der Waals surface area contributed by atoms with Crippen LogP contribution in [0.25, 0.3) is 0 Å². The molecule has 3 unspecified atom stereocenters. The SMILES string of the molecule is CC(OCc1ccccc1)[C@@H]1NC(=O)[C@@H](NC(=O)OC(C)(C)C)Cc2cc(I)c(O)c(c2)Oc2c(Br)cc(cc2Br)C[C@@H](C)NC1=O.COC(=O)C1Cc2cc(Br)c(c(Br)c2)Oc2cc(cc(I)c2O)C[C@H](NC(=O)OCc2ccccc2)C(=O)N[C@@H](C(C)OCc2ccccc2)C(=O)N1. The molecule has 4 aliphatic rings. The predicted molar refractivity (Wildman–Crippen MR) is 404 cm³/mol. The van der Waals surface area contributed by atoms with Crippen molar-refractivity contribution in [3.63, 3.8) is 0 Å². The standard InChI is InChI=1S/C38H36Br2IN3O9.C34H38Br2IN3O7/c1-21(51-19-22-9-5-3-6-10-22)32-36(47)42-30(37(48)50-2)17-24-13-26(39)34(27(40)14-24)53-31-18-25(15-28(41)33(31)45)16-29(35(46)44-32)43-38(49)52-20-23-11-7-4-8-12-23;1-18-11-21-12-23(35)30(24(36)13-21)46-27-16-22(14-25(37)29(27)41)15-26(39-33(44)47-34(3,4)5)31(42)40-28(32(43)38-18)19(2)45-17-20-9-7-6-8-10-20/h3-15,18,21,29-30,32,45H,16-17,19-20H2,1-2H3,(H,42,47)(H,43,49)(H,44,46);6-10,12-14,16,18-19,26,28,41H,11,15,17H2,1-5H3,(H,38,43)(H,39,44)(H,40,42)/t21?,29-,30?,32-;18-,19?,26+,28+/m01/s1. The van der Waals surface area contributed by atoms with Gasteiger partial charge < -0.3 is 75.3 Å². The van der Waals surface area contributed by atoms with E-state index in [2.05, 4.69) is 95.6 Å². The Labute approximate surface area is 640 Å². The maximum Gasteiger partial charge on any atom is 0.408 e. The van der Waals surface area contributed by atoms with E-state index in [1.165, 1.54) is 7.11 Å². The summed E-state index contributed by atoms with van der Waals surface area (Å²) in [5, 5.41) is 38.6. The molecule has 0 aliphatic carbocycles. The van der Waals surface area contributed by atoms with Crippen LogP contribution < -0.4 is 41.4 Å². The van der Waals surface area contributed by atoms with Crippen molar-refractivity contribution in [1.29, 1.82) is 0 Å². The summed E-state index contributed by atoms with van der Waals surface area (Å²) in [5.41, 5.74) is 4.28. The van der Waals surface area contributed by atoms with E-state index in [4.69, 9.17) is 33.2 Å². The second kappa shape index (κ2) is 36.7. The average molecular weight is 1850 g/mol. The first-order valence-electron chi connectivity index (χ1n) is 31.4. The highest BCUT2D eigenvalue weighted by Crippen LogP contribution is 2.45. The Morgan fingerprint density at radius 2 is 0.920 bits per heavy atom. The predicted octanol–water partition coefficient (Wildman–Crippen LogP) is 13.4. The lowest BCUT2D eigenvalue weighted by Crippen LogP contribution is -2.60. The molecule has 7 aromatic rings. The fourth-order valence-corrected chi connectivity index (χ4v) is 14.7. The molecule has 0 spiro atoms. The first kappa shape index (κ1) is 78.6. The minimum Gasteiger partial charge on any atom is -0.504 e. The number of phenols is 2. The molecule has 4 heterocycles. The van der Waals surface area contributed by atoms with Gasteiger partial charge in [0.2, 0.25) is 23.6 Å². The first-order chi connectivity index (χ1) is 47.5. The van der Waals surface area contributed by atoms with E-state index in [-0.39, 0.29) is 68.1 Å².